The molecule has 31 heavy (non-hydrogen) atoms. The molecule has 1 saturated heterocycles. The minimum absolute atomic E-state index is 0.382. The van der Waals surface area contributed by atoms with Gasteiger partial charge in [-0.25, -0.2) is 0 Å². The van der Waals surface area contributed by atoms with Crippen LogP contribution < -0.4 is 0 Å². The number of hydrogen-bond acceptors (Lipinski definition) is 6. The summed E-state index contributed by atoms with van der Waals surface area (Å²) in [6.07, 6.45) is 0.763. The molecule has 0 saturated carbocycles. The lowest BCUT2D eigenvalue weighted by Crippen LogP contribution is -2.47. The Hall–Kier alpha value is -0.590. The van der Waals surface area contributed by atoms with E-state index in [1.54, 1.807) is 0 Å². The number of rotatable bonds is 10. The van der Waals surface area contributed by atoms with Crippen LogP contribution in [0.25, 0.3) is 0 Å². The Morgan fingerprint density at radius 3 is 1.87 bits per heavy atom. The highest BCUT2D eigenvalue weighted by Crippen LogP contribution is 2.08. The quantitative estimate of drug-likeness (QED) is 0.549. The molecule has 2 unspecified atom stereocenters. The normalized spacial score (nSPS) is 20.6. The summed E-state index contributed by atoms with van der Waals surface area (Å²) in [5.74, 6) is 0. The molecule has 1 heterocycles. The van der Waals surface area contributed by atoms with Crippen LogP contribution in [-0.2, 0) is 11.3 Å². The summed E-state index contributed by atoms with van der Waals surface area (Å²) in [6, 6.07) is 10.2. The molecular weight excluding hydrogens is 407 g/mol. The summed E-state index contributed by atoms with van der Waals surface area (Å²) in [4.78, 5) is 10.2. The van der Waals surface area contributed by atoms with Gasteiger partial charge in [-0.05, 0) is 25.3 Å². The largest absolute Gasteiger partial charge is 0.389 e. The van der Waals surface area contributed by atoms with Crippen LogP contribution in [0.4, 0.5) is 0 Å². The van der Waals surface area contributed by atoms with E-state index < -0.39 is 6.10 Å². The number of β-amino-alcohol motifs (C(OH)–C–C–N with tert-alkyl or cyclic N) is 1. The highest BCUT2D eigenvalue weighted by atomic mass is 31.1. The minimum Gasteiger partial charge on any atom is -0.389 e. The maximum Gasteiger partial charge on any atom is 0.0900 e. The molecule has 0 radical (unpaired) electrons. The van der Waals surface area contributed by atoms with Gasteiger partial charge in [0.05, 0.1) is 19.3 Å². The fraction of sp³-hybridized carbons (Fsp3) is 0.750. The Bertz CT molecular complexity index is 546. The van der Waals surface area contributed by atoms with Crippen molar-refractivity contribution in [3.8, 4) is 0 Å². The average molecular weight is 453 g/mol. The van der Waals surface area contributed by atoms with Crippen LogP contribution in [-0.4, -0.2) is 122 Å². The number of nitrogens with zero attached hydrogens (tertiary/aromatic N) is 4. The second kappa shape index (κ2) is 16.1. The fourth-order valence-electron chi connectivity index (χ4n) is 4.01. The van der Waals surface area contributed by atoms with E-state index in [-0.39, 0.29) is 0 Å². The standard InChI is InChI=1S/C24H45N4O2P/c1-4-25-11-15-27(19-24(29)21-30-20-23-9-7-6-8-10-23)16-12-26(5-2)14-18-28(17-13-25)22-31-3/h6-10,24,29,31H,4-5,11-22H2,1-3H3. The Morgan fingerprint density at radius 1 is 0.839 bits per heavy atom. The van der Waals surface area contributed by atoms with Gasteiger partial charge in [0.15, 0.2) is 0 Å². The van der Waals surface area contributed by atoms with E-state index >= 15 is 0 Å². The molecule has 6 nitrogen and oxygen atoms in total. The smallest absolute Gasteiger partial charge is 0.0900 e. The zero-order valence-corrected chi connectivity index (χ0v) is 21.0. The summed E-state index contributed by atoms with van der Waals surface area (Å²) in [5, 5.41) is 10.6. The first-order chi connectivity index (χ1) is 15.1. The van der Waals surface area contributed by atoms with E-state index in [0.29, 0.717) is 19.8 Å². The highest BCUT2D eigenvalue weighted by molar-refractivity contribution is 7.36. The van der Waals surface area contributed by atoms with Gasteiger partial charge in [0.25, 0.3) is 0 Å². The van der Waals surface area contributed by atoms with Crippen molar-refractivity contribution in [3.63, 3.8) is 0 Å². The van der Waals surface area contributed by atoms with E-state index in [1.807, 2.05) is 18.2 Å². The van der Waals surface area contributed by atoms with Crippen molar-refractivity contribution in [2.45, 2.75) is 26.6 Å². The van der Waals surface area contributed by atoms with Crippen molar-refractivity contribution in [1.29, 1.82) is 0 Å². The van der Waals surface area contributed by atoms with Crippen LogP contribution in [0.1, 0.15) is 19.4 Å². The van der Waals surface area contributed by atoms with Gasteiger partial charge in [0.1, 0.15) is 0 Å². The molecule has 1 fully saturated rings. The SMILES string of the molecule is CCN1CCN(CPC)CCN(CC)CCN(CC(O)COCc2ccccc2)CC1. The van der Waals surface area contributed by atoms with Crippen LogP contribution in [0.2, 0.25) is 0 Å². The molecule has 2 rings (SSSR count). The molecule has 1 aliphatic heterocycles. The van der Waals surface area contributed by atoms with E-state index in [4.69, 9.17) is 4.74 Å². The summed E-state index contributed by atoms with van der Waals surface area (Å²) in [7, 11) is 0.986. The Balaban J connectivity index is 1.86. The second-order valence-electron chi connectivity index (χ2n) is 8.45. The van der Waals surface area contributed by atoms with Crippen molar-refractivity contribution < 1.29 is 9.84 Å². The number of ether oxygens (including phenoxy) is 1. The predicted molar refractivity (Wildman–Crippen MR) is 133 cm³/mol. The maximum absolute atomic E-state index is 10.6. The number of hydrogen-bond donors (Lipinski definition) is 1. The third kappa shape index (κ3) is 11.2. The molecule has 2 atom stereocenters. The summed E-state index contributed by atoms with van der Waals surface area (Å²) in [6.45, 7) is 19.3. The number of aliphatic hydroxyl groups is 1. The minimum atomic E-state index is -0.456. The Morgan fingerprint density at radius 2 is 1.35 bits per heavy atom. The van der Waals surface area contributed by atoms with Crippen LogP contribution in [0, 0.1) is 0 Å². The Kier molecular flexibility index (Phi) is 13.8. The molecule has 0 aliphatic carbocycles. The lowest BCUT2D eigenvalue weighted by Gasteiger charge is -2.34. The van der Waals surface area contributed by atoms with Crippen molar-refractivity contribution in [2.24, 2.45) is 0 Å². The van der Waals surface area contributed by atoms with Gasteiger partial charge < -0.3 is 19.6 Å². The van der Waals surface area contributed by atoms with Crippen LogP contribution in [0.15, 0.2) is 30.3 Å². The van der Waals surface area contributed by atoms with Crippen LogP contribution >= 0.6 is 8.58 Å². The fourth-order valence-corrected chi connectivity index (χ4v) is 4.78. The highest BCUT2D eigenvalue weighted by Gasteiger charge is 2.17. The monoisotopic (exact) mass is 452 g/mol. The Labute approximate surface area is 192 Å². The lowest BCUT2D eigenvalue weighted by molar-refractivity contribution is 0.00667. The van der Waals surface area contributed by atoms with Crippen LogP contribution in [0.5, 0.6) is 0 Å². The predicted octanol–water partition coefficient (Wildman–Crippen LogP) is 2.09. The van der Waals surface area contributed by atoms with E-state index in [1.165, 1.54) is 6.29 Å². The van der Waals surface area contributed by atoms with Gasteiger partial charge in [-0.1, -0.05) is 44.2 Å². The lowest BCUT2D eigenvalue weighted by atomic mass is 10.2. The third-order valence-electron chi connectivity index (χ3n) is 6.10. The van der Waals surface area contributed by atoms with Gasteiger partial charge in [-0.15, -0.1) is 8.58 Å². The molecule has 1 aliphatic rings. The van der Waals surface area contributed by atoms with Gasteiger partial charge in [0, 0.05) is 65.2 Å². The second-order valence-corrected chi connectivity index (χ2v) is 9.48. The first kappa shape index (κ1) is 26.7. The topological polar surface area (TPSA) is 42.4 Å². The molecule has 0 bridgehead atoms. The number of benzene rings is 1. The summed E-state index contributed by atoms with van der Waals surface area (Å²) in [5.41, 5.74) is 1.15. The van der Waals surface area contributed by atoms with E-state index in [9.17, 15) is 5.11 Å². The molecular formula is C24H45N4O2P. The van der Waals surface area contributed by atoms with Crippen molar-refractivity contribution >= 4 is 8.58 Å². The van der Waals surface area contributed by atoms with E-state index in [0.717, 1.165) is 79.6 Å². The number of likely N-dealkylation sites (N-methyl/N-ethyl adjacent to an activating group) is 2. The first-order valence-electron chi connectivity index (χ1n) is 12.0. The molecule has 178 valence electrons. The zero-order chi connectivity index (χ0) is 22.3. The molecule has 1 N–H and O–H groups in total. The summed E-state index contributed by atoms with van der Waals surface area (Å²) < 4.78 is 5.78. The van der Waals surface area contributed by atoms with Crippen LogP contribution in [0.3, 0.4) is 0 Å². The molecule has 1 aromatic rings. The van der Waals surface area contributed by atoms with Gasteiger partial charge in [-0.2, -0.15) is 0 Å². The molecule has 0 spiro atoms. The molecule has 7 heteroatoms. The zero-order valence-electron chi connectivity index (χ0n) is 20.0. The summed E-state index contributed by atoms with van der Waals surface area (Å²) >= 11 is 0. The number of aliphatic hydroxyl groups excluding tert-OH is 1. The maximum atomic E-state index is 10.6. The van der Waals surface area contributed by atoms with Gasteiger partial charge >= 0.3 is 0 Å². The average Bonchev–Trinajstić information content (AvgIpc) is 2.78. The van der Waals surface area contributed by atoms with Crippen molar-refractivity contribution in [2.75, 3.05) is 91.5 Å². The molecule has 1 aromatic carbocycles. The van der Waals surface area contributed by atoms with Crippen molar-refractivity contribution in [3.05, 3.63) is 35.9 Å². The first-order valence-corrected chi connectivity index (χ1v) is 13.7. The molecule has 0 aromatic heterocycles. The van der Waals surface area contributed by atoms with Crippen molar-refractivity contribution in [1.82, 2.24) is 19.6 Å². The van der Waals surface area contributed by atoms with E-state index in [2.05, 4.69) is 52.2 Å². The van der Waals surface area contributed by atoms with Gasteiger partial charge in [0.2, 0.25) is 0 Å². The molecule has 0 amide bonds. The third-order valence-corrected chi connectivity index (χ3v) is 6.86. The van der Waals surface area contributed by atoms with Gasteiger partial charge in [-0.3, -0.25) is 9.80 Å².